The van der Waals surface area contributed by atoms with E-state index in [0.717, 1.165) is 24.8 Å². The van der Waals surface area contributed by atoms with Gasteiger partial charge in [-0.3, -0.25) is 0 Å². The van der Waals surface area contributed by atoms with E-state index >= 15 is 0 Å². The number of hydrogen-bond acceptors (Lipinski definition) is 4. The van der Waals surface area contributed by atoms with Gasteiger partial charge in [0.15, 0.2) is 0 Å². The molecule has 0 aliphatic rings. The van der Waals surface area contributed by atoms with Gasteiger partial charge in [-0.2, -0.15) is 0 Å². The summed E-state index contributed by atoms with van der Waals surface area (Å²) in [4.78, 5) is 23.8. The van der Waals surface area contributed by atoms with Crippen molar-refractivity contribution in [3.63, 3.8) is 0 Å². The van der Waals surface area contributed by atoms with E-state index in [9.17, 15) is 9.59 Å². The summed E-state index contributed by atoms with van der Waals surface area (Å²) in [6, 6.07) is 9.22. The van der Waals surface area contributed by atoms with Gasteiger partial charge in [0.05, 0.1) is 6.04 Å². The Bertz CT molecular complexity index is 561. The molecule has 0 bridgehead atoms. The number of alkyl carbamates (subject to hydrolysis) is 1. The average molecular weight is 347 g/mol. The summed E-state index contributed by atoms with van der Waals surface area (Å²) >= 11 is 0. The Morgan fingerprint density at radius 2 is 1.88 bits per heavy atom. The minimum absolute atomic E-state index is 0.225. The van der Waals surface area contributed by atoms with E-state index < -0.39 is 17.7 Å². The normalized spacial score (nSPS) is 12.6. The molecular weight excluding hydrogens is 318 g/mol. The minimum Gasteiger partial charge on any atom is -0.458 e. The summed E-state index contributed by atoms with van der Waals surface area (Å²) in [5, 5.41) is 2.78. The molecule has 0 fully saturated rings. The molecule has 1 aromatic carbocycles. The highest BCUT2D eigenvalue weighted by atomic mass is 16.6. The van der Waals surface area contributed by atoms with Gasteiger partial charge in [0.25, 0.3) is 0 Å². The monoisotopic (exact) mass is 347 g/mol. The van der Waals surface area contributed by atoms with Crippen molar-refractivity contribution in [3.8, 4) is 0 Å². The number of nitrogens with one attached hydrogen (secondary N) is 1. The van der Waals surface area contributed by atoms with Crippen molar-refractivity contribution in [2.24, 2.45) is 0 Å². The van der Waals surface area contributed by atoms with Crippen LogP contribution in [0.4, 0.5) is 4.79 Å². The third-order valence-electron chi connectivity index (χ3n) is 3.26. The number of rotatable bonds is 8. The Labute approximate surface area is 150 Å². The first-order valence-electron chi connectivity index (χ1n) is 8.68. The molecule has 138 valence electrons. The van der Waals surface area contributed by atoms with Crippen LogP contribution in [0.15, 0.2) is 42.5 Å². The van der Waals surface area contributed by atoms with E-state index in [-0.39, 0.29) is 12.6 Å². The lowest BCUT2D eigenvalue weighted by Crippen LogP contribution is -2.38. The first-order valence-corrected chi connectivity index (χ1v) is 8.68. The molecular formula is C20H29NO4. The van der Waals surface area contributed by atoms with Gasteiger partial charge in [-0.1, -0.05) is 56.2 Å². The molecule has 1 N–H and O–H groups in total. The second kappa shape index (κ2) is 10.5. The van der Waals surface area contributed by atoms with Crippen molar-refractivity contribution in [2.45, 2.75) is 65.2 Å². The summed E-state index contributed by atoms with van der Waals surface area (Å²) in [6.07, 6.45) is 5.20. The largest absolute Gasteiger partial charge is 0.458 e. The zero-order valence-electron chi connectivity index (χ0n) is 15.6. The standard InChI is InChI=1S/C20H29NO4/c1-5-6-12-17(21-19(23)25-20(2,3)4)13-14-18(22)24-15-16-10-8-7-9-11-16/h7-11,13-14,17H,5-6,12,15H2,1-4H3,(H,21,23)/t17-/m0/s1. The third kappa shape index (κ3) is 10.2. The maximum absolute atomic E-state index is 11.9. The summed E-state index contributed by atoms with van der Waals surface area (Å²) in [6.45, 7) is 7.73. The van der Waals surface area contributed by atoms with Gasteiger partial charge in [0, 0.05) is 6.08 Å². The van der Waals surface area contributed by atoms with Gasteiger partial charge < -0.3 is 14.8 Å². The van der Waals surface area contributed by atoms with Gasteiger partial charge in [0.1, 0.15) is 12.2 Å². The van der Waals surface area contributed by atoms with Crippen molar-refractivity contribution in [2.75, 3.05) is 0 Å². The van der Waals surface area contributed by atoms with Crippen LogP contribution in [0.5, 0.6) is 0 Å². The number of amides is 1. The molecule has 0 aliphatic heterocycles. The third-order valence-corrected chi connectivity index (χ3v) is 3.26. The van der Waals surface area contributed by atoms with Gasteiger partial charge in [-0.05, 0) is 32.8 Å². The molecule has 1 rings (SSSR count). The van der Waals surface area contributed by atoms with E-state index in [1.54, 1.807) is 6.08 Å². The molecule has 0 aliphatic carbocycles. The van der Waals surface area contributed by atoms with E-state index in [2.05, 4.69) is 12.2 Å². The van der Waals surface area contributed by atoms with Gasteiger partial charge in [0.2, 0.25) is 0 Å². The van der Waals surface area contributed by atoms with Crippen molar-refractivity contribution < 1.29 is 19.1 Å². The fourth-order valence-corrected chi connectivity index (χ4v) is 2.07. The first kappa shape index (κ1) is 20.7. The first-order chi connectivity index (χ1) is 11.8. The Morgan fingerprint density at radius 1 is 1.20 bits per heavy atom. The average Bonchev–Trinajstić information content (AvgIpc) is 2.54. The summed E-state index contributed by atoms with van der Waals surface area (Å²) < 4.78 is 10.5. The van der Waals surface area contributed by atoms with Crippen LogP contribution in [0.25, 0.3) is 0 Å². The van der Waals surface area contributed by atoms with Crippen LogP contribution in [0.3, 0.4) is 0 Å². The summed E-state index contributed by atoms with van der Waals surface area (Å²) in [5.74, 6) is -0.434. The highest BCUT2D eigenvalue weighted by molar-refractivity contribution is 5.82. The fraction of sp³-hybridized carbons (Fsp3) is 0.500. The van der Waals surface area contributed by atoms with Crippen molar-refractivity contribution in [1.29, 1.82) is 0 Å². The zero-order valence-corrected chi connectivity index (χ0v) is 15.6. The topological polar surface area (TPSA) is 64.6 Å². The van der Waals surface area contributed by atoms with Gasteiger partial charge in [-0.25, -0.2) is 9.59 Å². The minimum atomic E-state index is -0.558. The van der Waals surface area contributed by atoms with Crippen LogP contribution >= 0.6 is 0 Å². The Kier molecular flexibility index (Phi) is 8.75. The van der Waals surface area contributed by atoms with E-state index in [4.69, 9.17) is 9.47 Å². The number of ether oxygens (including phenoxy) is 2. The number of esters is 1. The highest BCUT2D eigenvalue weighted by Gasteiger charge is 2.18. The van der Waals surface area contributed by atoms with Gasteiger partial charge >= 0.3 is 12.1 Å². The molecule has 1 atom stereocenters. The molecule has 0 saturated carbocycles. The summed E-state index contributed by atoms with van der Waals surface area (Å²) in [7, 11) is 0. The smallest absolute Gasteiger partial charge is 0.408 e. The lowest BCUT2D eigenvalue weighted by Gasteiger charge is -2.22. The molecule has 1 aromatic rings. The van der Waals surface area contributed by atoms with Crippen LogP contribution in [-0.2, 0) is 20.9 Å². The van der Waals surface area contributed by atoms with Crippen LogP contribution in [0.1, 0.15) is 52.5 Å². The molecule has 0 saturated heterocycles. The second-order valence-corrected chi connectivity index (χ2v) is 6.85. The lowest BCUT2D eigenvalue weighted by atomic mass is 10.1. The van der Waals surface area contributed by atoms with E-state index in [1.807, 2.05) is 51.1 Å². The van der Waals surface area contributed by atoms with Gasteiger partial charge in [-0.15, -0.1) is 0 Å². The predicted octanol–water partition coefficient (Wildman–Crippen LogP) is 4.37. The maximum atomic E-state index is 11.9. The Balaban J connectivity index is 2.52. The number of unbranched alkanes of at least 4 members (excludes halogenated alkanes) is 1. The van der Waals surface area contributed by atoms with Crippen LogP contribution in [-0.4, -0.2) is 23.7 Å². The Morgan fingerprint density at radius 3 is 2.48 bits per heavy atom. The van der Waals surface area contributed by atoms with E-state index in [1.165, 1.54) is 6.08 Å². The molecule has 0 spiro atoms. The number of benzene rings is 1. The predicted molar refractivity (Wildman–Crippen MR) is 98.1 cm³/mol. The van der Waals surface area contributed by atoms with E-state index in [0.29, 0.717) is 0 Å². The van der Waals surface area contributed by atoms with Crippen molar-refractivity contribution in [1.82, 2.24) is 5.32 Å². The molecule has 25 heavy (non-hydrogen) atoms. The van der Waals surface area contributed by atoms with Crippen LogP contribution in [0.2, 0.25) is 0 Å². The Hall–Kier alpha value is -2.30. The molecule has 5 heteroatoms. The quantitative estimate of drug-likeness (QED) is 0.560. The van der Waals surface area contributed by atoms with Crippen LogP contribution in [0, 0.1) is 0 Å². The zero-order chi connectivity index (χ0) is 18.7. The summed E-state index contributed by atoms with van der Waals surface area (Å²) in [5.41, 5.74) is 0.371. The molecule has 0 aromatic heterocycles. The molecule has 5 nitrogen and oxygen atoms in total. The number of carbonyl (C=O) groups excluding carboxylic acids is 2. The van der Waals surface area contributed by atoms with Crippen molar-refractivity contribution in [3.05, 3.63) is 48.0 Å². The maximum Gasteiger partial charge on any atom is 0.408 e. The fourth-order valence-electron chi connectivity index (χ4n) is 2.07. The molecule has 0 radical (unpaired) electrons. The lowest BCUT2D eigenvalue weighted by molar-refractivity contribution is -0.139. The van der Waals surface area contributed by atoms with Crippen LogP contribution < -0.4 is 5.32 Å². The molecule has 1 amide bonds. The molecule has 0 heterocycles. The SMILES string of the molecule is CCCC[C@@H](C=CC(=O)OCc1ccccc1)NC(=O)OC(C)(C)C. The van der Waals surface area contributed by atoms with Crippen molar-refractivity contribution >= 4 is 12.1 Å². The molecule has 0 unspecified atom stereocenters. The highest BCUT2D eigenvalue weighted by Crippen LogP contribution is 2.09. The number of carbonyl (C=O) groups is 2. The number of hydrogen-bond donors (Lipinski definition) is 1. The second-order valence-electron chi connectivity index (χ2n) is 6.85.